The molecule has 0 bridgehead atoms. The summed E-state index contributed by atoms with van der Waals surface area (Å²) in [4.78, 5) is 19.8. The maximum absolute atomic E-state index is 12.1. The number of furan rings is 1. The van der Waals surface area contributed by atoms with Gasteiger partial charge in [0.2, 0.25) is 5.91 Å². The summed E-state index contributed by atoms with van der Waals surface area (Å²) < 4.78 is 5.35. The van der Waals surface area contributed by atoms with Crippen LogP contribution in [-0.2, 0) is 4.79 Å². The molecule has 25 heavy (non-hydrogen) atoms. The minimum absolute atomic E-state index is 0. The molecule has 3 aromatic rings. The summed E-state index contributed by atoms with van der Waals surface area (Å²) >= 11 is 0. The molecule has 1 aromatic carbocycles. The van der Waals surface area contributed by atoms with Crippen LogP contribution in [0.2, 0.25) is 0 Å². The van der Waals surface area contributed by atoms with Gasteiger partial charge in [-0.3, -0.25) is 4.79 Å². The molecule has 1 aliphatic rings. The summed E-state index contributed by atoms with van der Waals surface area (Å²) in [5.41, 5.74) is 2.48. The molecule has 3 heterocycles. The first-order chi connectivity index (χ1) is 11.3. The first-order valence-corrected chi connectivity index (χ1v) is 7.85. The van der Waals surface area contributed by atoms with Gasteiger partial charge in [0.25, 0.3) is 0 Å². The molecule has 1 saturated heterocycles. The number of halogens is 2. The maximum atomic E-state index is 12.1. The summed E-state index contributed by atoms with van der Waals surface area (Å²) in [5.74, 6) is 1.41. The van der Waals surface area contributed by atoms with Gasteiger partial charge < -0.3 is 20.0 Å². The van der Waals surface area contributed by atoms with E-state index >= 15 is 0 Å². The van der Waals surface area contributed by atoms with E-state index in [9.17, 15) is 4.79 Å². The fourth-order valence-corrected chi connectivity index (χ4v) is 2.98. The Bertz CT molecular complexity index is 826. The zero-order chi connectivity index (χ0) is 15.6. The summed E-state index contributed by atoms with van der Waals surface area (Å²) in [5, 5.41) is 6.29. The summed E-state index contributed by atoms with van der Waals surface area (Å²) in [6, 6.07) is 9.64. The SMILES string of the molecule is Cl.Cl.O=C(CC1CCCN1)Nc1ccc2nc(-c3ccco3)[nH]c2c1. The van der Waals surface area contributed by atoms with Gasteiger partial charge in [-0.05, 0) is 49.7 Å². The number of hydrogen-bond acceptors (Lipinski definition) is 4. The van der Waals surface area contributed by atoms with Gasteiger partial charge in [0.15, 0.2) is 11.6 Å². The number of rotatable bonds is 4. The first kappa shape index (κ1) is 19.3. The van der Waals surface area contributed by atoms with Crippen molar-refractivity contribution in [2.75, 3.05) is 11.9 Å². The summed E-state index contributed by atoms with van der Waals surface area (Å²) in [7, 11) is 0. The fraction of sp³-hybridized carbons (Fsp3) is 0.294. The predicted molar refractivity (Wildman–Crippen MR) is 103 cm³/mol. The maximum Gasteiger partial charge on any atom is 0.225 e. The molecule has 1 aliphatic heterocycles. The second kappa shape index (κ2) is 8.38. The van der Waals surface area contributed by atoms with Gasteiger partial charge >= 0.3 is 0 Å². The van der Waals surface area contributed by atoms with E-state index in [1.165, 1.54) is 0 Å². The topological polar surface area (TPSA) is 82.9 Å². The highest BCUT2D eigenvalue weighted by molar-refractivity contribution is 5.93. The molecule has 0 aliphatic carbocycles. The van der Waals surface area contributed by atoms with E-state index < -0.39 is 0 Å². The zero-order valence-corrected chi connectivity index (χ0v) is 15.1. The average molecular weight is 383 g/mol. The second-order valence-electron chi connectivity index (χ2n) is 5.84. The van der Waals surface area contributed by atoms with Gasteiger partial charge in [-0.15, -0.1) is 24.8 Å². The molecule has 2 aromatic heterocycles. The molecular formula is C17H20Cl2N4O2. The van der Waals surface area contributed by atoms with Crippen LogP contribution in [0.5, 0.6) is 0 Å². The van der Waals surface area contributed by atoms with Gasteiger partial charge in [0.1, 0.15) is 0 Å². The lowest BCUT2D eigenvalue weighted by molar-refractivity contribution is -0.116. The molecule has 1 amide bonds. The molecule has 1 atom stereocenters. The van der Waals surface area contributed by atoms with Crippen LogP contribution in [0.1, 0.15) is 19.3 Å². The van der Waals surface area contributed by atoms with Crippen LogP contribution in [0.3, 0.4) is 0 Å². The van der Waals surface area contributed by atoms with Crippen molar-refractivity contribution in [3.8, 4) is 11.6 Å². The van der Waals surface area contributed by atoms with Crippen molar-refractivity contribution in [3.63, 3.8) is 0 Å². The third-order valence-corrected chi connectivity index (χ3v) is 4.11. The number of amides is 1. The molecule has 0 radical (unpaired) electrons. The molecule has 0 saturated carbocycles. The van der Waals surface area contributed by atoms with Gasteiger partial charge in [0.05, 0.1) is 17.3 Å². The highest BCUT2D eigenvalue weighted by atomic mass is 35.5. The van der Waals surface area contributed by atoms with E-state index in [0.717, 1.165) is 36.1 Å². The van der Waals surface area contributed by atoms with Crippen molar-refractivity contribution in [2.45, 2.75) is 25.3 Å². The lowest BCUT2D eigenvalue weighted by atomic mass is 10.1. The molecule has 4 rings (SSSR count). The molecular weight excluding hydrogens is 363 g/mol. The van der Waals surface area contributed by atoms with E-state index in [1.54, 1.807) is 6.26 Å². The van der Waals surface area contributed by atoms with Crippen LogP contribution in [0.25, 0.3) is 22.6 Å². The second-order valence-corrected chi connectivity index (χ2v) is 5.84. The van der Waals surface area contributed by atoms with Gasteiger partial charge in [0, 0.05) is 18.2 Å². The Morgan fingerprint density at radius 3 is 2.92 bits per heavy atom. The van der Waals surface area contributed by atoms with Crippen molar-refractivity contribution in [3.05, 3.63) is 36.6 Å². The first-order valence-electron chi connectivity index (χ1n) is 7.85. The average Bonchev–Trinajstić information content (AvgIpc) is 3.27. The number of hydrogen-bond donors (Lipinski definition) is 3. The largest absolute Gasteiger partial charge is 0.461 e. The van der Waals surface area contributed by atoms with Crippen LogP contribution >= 0.6 is 24.8 Å². The number of H-pyrrole nitrogens is 1. The van der Waals surface area contributed by atoms with Crippen LogP contribution in [0.4, 0.5) is 5.69 Å². The molecule has 1 fully saturated rings. The minimum atomic E-state index is 0. The molecule has 3 N–H and O–H groups in total. The molecule has 134 valence electrons. The smallest absolute Gasteiger partial charge is 0.225 e. The Balaban J connectivity index is 0.00000113. The monoisotopic (exact) mass is 382 g/mol. The van der Waals surface area contributed by atoms with E-state index in [1.807, 2.05) is 30.3 Å². The van der Waals surface area contributed by atoms with Gasteiger partial charge in [-0.2, -0.15) is 0 Å². The number of carbonyl (C=O) groups is 1. The van der Waals surface area contributed by atoms with Crippen LogP contribution < -0.4 is 10.6 Å². The minimum Gasteiger partial charge on any atom is -0.461 e. The lowest BCUT2D eigenvalue weighted by Gasteiger charge is -2.10. The number of carbonyl (C=O) groups excluding carboxylic acids is 1. The number of nitrogens with zero attached hydrogens (tertiary/aromatic N) is 1. The van der Waals surface area contributed by atoms with Gasteiger partial charge in [-0.25, -0.2) is 4.98 Å². The molecule has 1 unspecified atom stereocenters. The Labute approximate surface area is 157 Å². The quantitative estimate of drug-likeness (QED) is 0.641. The van der Waals surface area contributed by atoms with Crippen molar-refractivity contribution >= 4 is 47.4 Å². The number of aromatic amines is 1. The summed E-state index contributed by atoms with van der Waals surface area (Å²) in [6.45, 7) is 1.01. The predicted octanol–water partition coefficient (Wildman–Crippen LogP) is 3.75. The van der Waals surface area contributed by atoms with Crippen molar-refractivity contribution < 1.29 is 9.21 Å². The number of nitrogens with one attached hydrogen (secondary N) is 3. The highest BCUT2D eigenvalue weighted by Crippen LogP contribution is 2.23. The number of fused-ring (bicyclic) bond motifs is 1. The Morgan fingerprint density at radius 1 is 1.32 bits per heavy atom. The van der Waals surface area contributed by atoms with Crippen LogP contribution in [-0.4, -0.2) is 28.5 Å². The van der Waals surface area contributed by atoms with Crippen molar-refractivity contribution in [1.82, 2.24) is 15.3 Å². The lowest BCUT2D eigenvalue weighted by Crippen LogP contribution is -2.27. The molecule has 6 nitrogen and oxygen atoms in total. The normalized spacial score (nSPS) is 16.2. The Morgan fingerprint density at radius 2 is 2.20 bits per heavy atom. The van der Waals surface area contributed by atoms with Crippen LogP contribution in [0, 0.1) is 0 Å². The van der Waals surface area contributed by atoms with Crippen LogP contribution in [0.15, 0.2) is 41.0 Å². The highest BCUT2D eigenvalue weighted by Gasteiger charge is 2.17. The summed E-state index contributed by atoms with van der Waals surface area (Å²) in [6.07, 6.45) is 4.34. The third kappa shape index (κ3) is 4.34. The van der Waals surface area contributed by atoms with E-state index in [2.05, 4.69) is 20.6 Å². The third-order valence-electron chi connectivity index (χ3n) is 4.11. The molecule has 8 heteroatoms. The fourth-order valence-electron chi connectivity index (χ4n) is 2.98. The number of benzene rings is 1. The number of imidazole rings is 1. The van der Waals surface area contributed by atoms with E-state index in [0.29, 0.717) is 24.0 Å². The Hall–Kier alpha value is -2.02. The van der Waals surface area contributed by atoms with Gasteiger partial charge in [-0.1, -0.05) is 0 Å². The Kier molecular flexibility index (Phi) is 6.47. The number of anilines is 1. The van der Waals surface area contributed by atoms with Crippen molar-refractivity contribution in [1.29, 1.82) is 0 Å². The van der Waals surface area contributed by atoms with E-state index in [4.69, 9.17) is 4.42 Å². The zero-order valence-electron chi connectivity index (χ0n) is 13.5. The standard InChI is InChI=1S/C17H18N4O2.2ClH/c22-16(10-11-3-1-7-18-11)19-12-5-6-13-14(9-12)21-17(20-13)15-4-2-8-23-15;;/h2,4-6,8-9,11,18H,1,3,7,10H2,(H,19,22)(H,20,21);2*1H. The van der Waals surface area contributed by atoms with E-state index in [-0.39, 0.29) is 30.7 Å². The molecule has 0 spiro atoms. The number of aromatic nitrogens is 2. The van der Waals surface area contributed by atoms with Crippen molar-refractivity contribution in [2.24, 2.45) is 0 Å².